The normalized spacial score (nSPS) is 17.2. The molecular formula is C17H28O2. The number of hydrogen-bond acceptors (Lipinski definition) is 2. The zero-order valence-electron chi connectivity index (χ0n) is 12.6. The molecular weight excluding hydrogens is 236 g/mol. The molecule has 19 heavy (non-hydrogen) atoms. The van der Waals surface area contributed by atoms with Crippen LogP contribution in [0.1, 0.15) is 50.7 Å². The third-order valence-corrected chi connectivity index (χ3v) is 3.68. The second-order valence-electron chi connectivity index (χ2n) is 5.22. The van der Waals surface area contributed by atoms with Crippen LogP contribution in [0.4, 0.5) is 0 Å². The van der Waals surface area contributed by atoms with E-state index in [0.29, 0.717) is 6.61 Å². The minimum Gasteiger partial charge on any atom is -0.496 e. The van der Waals surface area contributed by atoms with Crippen molar-refractivity contribution in [2.75, 3.05) is 13.7 Å². The highest BCUT2D eigenvalue weighted by molar-refractivity contribution is 5.41. The number of aliphatic hydroxyl groups excluding tert-OH is 1. The molecule has 0 aliphatic heterocycles. The van der Waals surface area contributed by atoms with Gasteiger partial charge in [-0.25, -0.2) is 0 Å². The minimum atomic E-state index is 0.319. The Kier molecular flexibility index (Phi) is 7.57. The molecule has 0 aromatic heterocycles. The van der Waals surface area contributed by atoms with Gasteiger partial charge in [-0.15, -0.1) is 0 Å². The molecule has 0 saturated carbocycles. The fourth-order valence-electron chi connectivity index (χ4n) is 2.69. The quantitative estimate of drug-likeness (QED) is 0.891. The molecule has 0 saturated heterocycles. The average Bonchev–Trinajstić information content (AvgIpc) is 2.47. The van der Waals surface area contributed by atoms with Crippen LogP contribution in [-0.2, 0) is 12.8 Å². The summed E-state index contributed by atoms with van der Waals surface area (Å²) in [5.74, 6) is 1.98. The van der Waals surface area contributed by atoms with Crippen LogP contribution in [0.3, 0.4) is 0 Å². The van der Waals surface area contributed by atoms with Crippen LogP contribution in [0.2, 0.25) is 0 Å². The second kappa shape index (κ2) is 8.98. The van der Waals surface area contributed by atoms with Crippen LogP contribution in [0.5, 0.6) is 5.75 Å². The summed E-state index contributed by atoms with van der Waals surface area (Å²) in [5.41, 5.74) is 2.96. The van der Waals surface area contributed by atoms with Crippen molar-refractivity contribution in [2.24, 2.45) is 5.92 Å². The first-order valence-electron chi connectivity index (χ1n) is 7.52. The molecule has 0 spiro atoms. The molecule has 0 bridgehead atoms. The van der Waals surface area contributed by atoms with Crippen molar-refractivity contribution in [3.63, 3.8) is 0 Å². The van der Waals surface area contributed by atoms with Gasteiger partial charge in [0.25, 0.3) is 0 Å². The minimum absolute atomic E-state index is 0.319. The van der Waals surface area contributed by atoms with Gasteiger partial charge in [0, 0.05) is 6.61 Å². The number of ether oxygens (including phenoxy) is 1. The highest BCUT2D eigenvalue weighted by Gasteiger charge is 2.20. The smallest absolute Gasteiger partial charge is 0.122 e. The van der Waals surface area contributed by atoms with E-state index in [0.717, 1.165) is 18.1 Å². The first-order chi connectivity index (χ1) is 9.26. The Labute approximate surface area is 117 Å². The van der Waals surface area contributed by atoms with Crippen molar-refractivity contribution in [1.29, 1.82) is 0 Å². The number of fused-ring (bicyclic) bond motifs is 1. The van der Waals surface area contributed by atoms with Crippen molar-refractivity contribution in [3.8, 4) is 5.75 Å². The van der Waals surface area contributed by atoms with Crippen LogP contribution in [0, 0.1) is 5.92 Å². The Morgan fingerprint density at radius 3 is 2.58 bits per heavy atom. The van der Waals surface area contributed by atoms with Gasteiger partial charge >= 0.3 is 0 Å². The molecule has 1 aliphatic carbocycles. The van der Waals surface area contributed by atoms with Crippen LogP contribution in [0.15, 0.2) is 18.2 Å². The van der Waals surface area contributed by atoms with Crippen molar-refractivity contribution in [1.82, 2.24) is 0 Å². The molecule has 1 aromatic carbocycles. The maximum Gasteiger partial charge on any atom is 0.122 e. The summed E-state index contributed by atoms with van der Waals surface area (Å²) in [6, 6.07) is 6.46. The summed E-state index contributed by atoms with van der Waals surface area (Å²) in [6.45, 7) is 4.53. The predicted molar refractivity (Wildman–Crippen MR) is 80.8 cm³/mol. The van der Waals surface area contributed by atoms with Gasteiger partial charge in [-0.05, 0) is 48.8 Å². The van der Waals surface area contributed by atoms with Crippen molar-refractivity contribution in [2.45, 2.75) is 52.4 Å². The molecule has 2 rings (SSSR count). The van der Waals surface area contributed by atoms with Crippen LogP contribution >= 0.6 is 0 Å². The summed E-state index contributed by atoms with van der Waals surface area (Å²) in [7, 11) is 1.77. The number of methoxy groups -OCH3 is 1. The van der Waals surface area contributed by atoms with Gasteiger partial charge in [0.1, 0.15) is 5.75 Å². The van der Waals surface area contributed by atoms with E-state index in [1.165, 1.54) is 43.2 Å². The third kappa shape index (κ3) is 4.87. The zero-order valence-corrected chi connectivity index (χ0v) is 12.6. The van der Waals surface area contributed by atoms with E-state index in [-0.39, 0.29) is 0 Å². The Morgan fingerprint density at radius 1 is 1.26 bits per heavy atom. The van der Waals surface area contributed by atoms with Gasteiger partial charge in [-0.1, -0.05) is 38.8 Å². The lowest BCUT2D eigenvalue weighted by molar-refractivity contribution is 0.295. The van der Waals surface area contributed by atoms with E-state index >= 15 is 0 Å². The van der Waals surface area contributed by atoms with E-state index in [1.807, 2.05) is 6.92 Å². The lowest BCUT2D eigenvalue weighted by atomic mass is 9.81. The van der Waals surface area contributed by atoms with Crippen molar-refractivity contribution in [3.05, 3.63) is 29.3 Å². The summed E-state index contributed by atoms with van der Waals surface area (Å²) < 4.78 is 5.41. The first kappa shape index (κ1) is 16.0. The van der Waals surface area contributed by atoms with Gasteiger partial charge in [-0.2, -0.15) is 0 Å². The monoisotopic (exact) mass is 264 g/mol. The second-order valence-corrected chi connectivity index (χ2v) is 5.22. The molecule has 1 aliphatic rings. The SMILES string of the molecule is CCCO.CCC[C@H]1CCc2c(cccc2OC)C1. The lowest BCUT2D eigenvalue weighted by Gasteiger charge is -2.25. The zero-order chi connectivity index (χ0) is 14.1. The number of hydrogen-bond donors (Lipinski definition) is 1. The molecule has 0 amide bonds. The molecule has 1 aromatic rings. The molecule has 2 nitrogen and oxygen atoms in total. The van der Waals surface area contributed by atoms with Gasteiger partial charge in [-0.3, -0.25) is 0 Å². The molecule has 0 radical (unpaired) electrons. The topological polar surface area (TPSA) is 29.5 Å². The Morgan fingerprint density at radius 2 is 2.00 bits per heavy atom. The van der Waals surface area contributed by atoms with Gasteiger partial charge in [0.15, 0.2) is 0 Å². The molecule has 0 fully saturated rings. The largest absolute Gasteiger partial charge is 0.496 e. The Hall–Kier alpha value is -1.02. The highest BCUT2D eigenvalue weighted by atomic mass is 16.5. The van der Waals surface area contributed by atoms with E-state index < -0.39 is 0 Å². The van der Waals surface area contributed by atoms with Crippen LogP contribution < -0.4 is 4.74 Å². The summed E-state index contributed by atoms with van der Waals surface area (Å²) in [6.07, 6.45) is 7.34. The molecule has 1 atom stereocenters. The van der Waals surface area contributed by atoms with Crippen molar-refractivity contribution >= 4 is 0 Å². The van der Waals surface area contributed by atoms with E-state index in [1.54, 1.807) is 7.11 Å². The average molecular weight is 264 g/mol. The fraction of sp³-hybridized carbons (Fsp3) is 0.647. The fourth-order valence-corrected chi connectivity index (χ4v) is 2.69. The van der Waals surface area contributed by atoms with Gasteiger partial charge in [0.05, 0.1) is 7.11 Å². The molecule has 2 heteroatoms. The number of aliphatic hydroxyl groups is 1. The number of rotatable bonds is 4. The summed E-state index contributed by atoms with van der Waals surface area (Å²) >= 11 is 0. The van der Waals surface area contributed by atoms with Gasteiger partial charge < -0.3 is 9.84 Å². The van der Waals surface area contributed by atoms with Crippen LogP contribution in [0.25, 0.3) is 0 Å². The Balaban J connectivity index is 0.000000399. The molecule has 0 heterocycles. The highest BCUT2D eigenvalue weighted by Crippen LogP contribution is 2.33. The predicted octanol–water partition coefficient (Wildman–Crippen LogP) is 3.99. The number of benzene rings is 1. The summed E-state index contributed by atoms with van der Waals surface area (Å²) in [4.78, 5) is 0. The van der Waals surface area contributed by atoms with Crippen LogP contribution in [-0.4, -0.2) is 18.8 Å². The van der Waals surface area contributed by atoms with E-state index in [9.17, 15) is 0 Å². The lowest BCUT2D eigenvalue weighted by Crippen LogP contribution is -2.14. The van der Waals surface area contributed by atoms with E-state index in [2.05, 4.69) is 25.1 Å². The standard InChI is InChI=1S/C14H20O.C3H8O/c1-3-5-11-8-9-13-12(10-11)6-4-7-14(13)15-2;1-2-3-4/h4,6-7,11H,3,5,8-10H2,1-2H3;4H,2-3H2,1H3/t11-;/m0./s1. The summed E-state index contributed by atoms with van der Waals surface area (Å²) in [5, 5.41) is 7.88. The maximum absolute atomic E-state index is 7.88. The first-order valence-corrected chi connectivity index (χ1v) is 7.52. The maximum atomic E-state index is 7.88. The molecule has 0 unspecified atom stereocenters. The van der Waals surface area contributed by atoms with Gasteiger partial charge in [0.2, 0.25) is 0 Å². The molecule has 108 valence electrons. The Bertz CT molecular complexity index is 358. The third-order valence-electron chi connectivity index (χ3n) is 3.68. The molecule has 1 N–H and O–H groups in total. The van der Waals surface area contributed by atoms with E-state index in [4.69, 9.17) is 9.84 Å². The van der Waals surface area contributed by atoms with Crippen molar-refractivity contribution < 1.29 is 9.84 Å².